The molecular formula is C25H27N7O3. The van der Waals surface area contributed by atoms with E-state index >= 15 is 0 Å². The number of aromatic nitrogens is 5. The van der Waals surface area contributed by atoms with Crippen LogP contribution in [-0.2, 0) is 20.1 Å². The van der Waals surface area contributed by atoms with Gasteiger partial charge in [-0.2, -0.15) is 0 Å². The number of piperidine rings is 1. The van der Waals surface area contributed by atoms with Crippen molar-refractivity contribution in [2.24, 2.45) is 12.8 Å². The summed E-state index contributed by atoms with van der Waals surface area (Å²) >= 11 is 0. The number of fused-ring (bicyclic) bond motifs is 2. The molecular weight excluding hydrogens is 446 g/mol. The van der Waals surface area contributed by atoms with Crippen molar-refractivity contribution in [3.8, 4) is 17.6 Å². The summed E-state index contributed by atoms with van der Waals surface area (Å²) in [7, 11) is 1.54. The van der Waals surface area contributed by atoms with Crippen LogP contribution in [-0.4, -0.2) is 47.9 Å². The van der Waals surface area contributed by atoms with E-state index in [4.69, 9.17) is 5.73 Å². The fourth-order valence-electron chi connectivity index (χ4n) is 4.81. The van der Waals surface area contributed by atoms with Crippen molar-refractivity contribution >= 4 is 27.8 Å². The van der Waals surface area contributed by atoms with Crippen LogP contribution in [0.5, 0.6) is 5.75 Å². The highest BCUT2D eigenvalue weighted by Gasteiger charge is 2.29. The molecule has 1 aliphatic heterocycles. The smallest absolute Gasteiger partial charge is 0.331 e. The number of nitrogens with zero attached hydrogens (tertiary/aromatic N) is 6. The molecule has 3 N–H and O–H groups in total. The third-order valence-corrected chi connectivity index (χ3v) is 6.50. The second kappa shape index (κ2) is 8.92. The summed E-state index contributed by atoms with van der Waals surface area (Å²) in [6.07, 6.45) is 3.43. The zero-order chi connectivity index (χ0) is 24.7. The number of para-hydroxylation sites is 1. The van der Waals surface area contributed by atoms with Gasteiger partial charge in [0, 0.05) is 37.8 Å². The van der Waals surface area contributed by atoms with Gasteiger partial charge in [-0.25, -0.2) is 14.8 Å². The highest BCUT2D eigenvalue weighted by Crippen LogP contribution is 2.37. The molecule has 180 valence electrons. The van der Waals surface area contributed by atoms with Gasteiger partial charge in [-0.05, 0) is 25.8 Å². The van der Waals surface area contributed by atoms with Crippen molar-refractivity contribution < 1.29 is 5.11 Å². The molecule has 1 aliphatic rings. The molecule has 0 bridgehead atoms. The summed E-state index contributed by atoms with van der Waals surface area (Å²) in [4.78, 5) is 37.9. The number of nitrogens with two attached hydrogens (primary N) is 1. The molecule has 0 spiro atoms. The molecule has 4 aromatic rings. The Balaban J connectivity index is 1.72. The Kier molecular flexibility index (Phi) is 5.78. The molecule has 1 atom stereocenters. The Morgan fingerprint density at radius 1 is 1.20 bits per heavy atom. The fraction of sp³-hybridized carbons (Fsp3) is 0.360. The minimum absolute atomic E-state index is 0.0441. The second-order valence-electron chi connectivity index (χ2n) is 8.81. The van der Waals surface area contributed by atoms with Crippen LogP contribution >= 0.6 is 0 Å². The molecule has 35 heavy (non-hydrogen) atoms. The second-order valence-corrected chi connectivity index (χ2v) is 8.81. The Labute approximate surface area is 201 Å². The first-order chi connectivity index (χ1) is 16.9. The highest BCUT2D eigenvalue weighted by molar-refractivity contribution is 5.90. The van der Waals surface area contributed by atoms with E-state index in [1.807, 2.05) is 29.2 Å². The van der Waals surface area contributed by atoms with Crippen molar-refractivity contribution in [2.75, 3.05) is 18.0 Å². The summed E-state index contributed by atoms with van der Waals surface area (Å²) in [6.45, 7) is 3.03. The number of hydrogen-bond donors (Lipinski definition) is 2. The molecule has 5 rings (SSSR count). The lowest BCUT2D eigenvalue weighted by molar-refractivity contribution is 0.458. The van der Waals surface area contributed by atoms with Crippen LogP contribution in [0, 0.1) is 11.8 Å². The van der Waals surface area contributed by atoms with E-state index < -0.39 is 11.2 Å². The molecule has 0 radical (unpaired) electrons. The molecule has 1 fully saturated rings. The lowest BCUT2D eigenvalue weighted by Crippen LogP contribution is -2.43. The average molecular weight is 474 g/mol. The molecule has 4 heterocycles. The fourth-order valence-corrected chi connectivity index (χ4v) is 4.81. The predicted molar refractivity (Wildman–Crippen MR) is 135 cm³/mol. The molecule has 0 unspecified atom stereocenters. The summed E-state index contributed by atoms with van der Waals surface area (Å²) < 4.78 is 4.10. The average Bonchev–Trinajstić information content (AvgIpc) is 3.16. The molecule has 0 saturated carbocycles. The Hall–Kier alpha value is -4.10. The summed E-state index contributed by atoms with van der Waals surface area (Å²) in [5.74, 6) is 6.54. The van der Waals surface area contributed by atoms with Gasteiger partial charge < -0.3 is 20.3 Å². The van der Waals surface area contributed by atoms with Gasteiger partial charge in [-0.3, -0.25) is 13.9 Å². The van der Waals surface area contributed by atoms with E-state index in [1.54, 1.807) is 24.7 Å². The Morgan fingerprint density at radius 3 is 2.77 bits per heavy atom. The number of rotatable bonds is 4. The van der Waals surface area contributed by atoms with Gasteiger partial charge in [0.1, 0.15) is 16.9 Å². The van der Waals surface area contributed by atoms with Crippen LogP contribution in [0.1, 0.15) is 25.6 Å². The zero-order valence-electron chi connectivity index (χ0n) is 19.7. The molecule has 0 amide bonds. The van der Waals surface area contributed by atoms with Crippen LogP contribution < -0.4 is 21.9 Å². The van der Waals surface area contributed by atoms with Gasteiger partial charge in [0.25, 0.3) is 5.56 Å². The molecule has 1 aromatic carbocycles. The lowest BCUT2D eigenvalue weighted by atomic mass is 10.1. The van der Waals surface area contributed by atoms with E-state index in [-0.39, 0.29) is 35.9 Å². The van der Waals surface area contributed by atoms with E-state index in [0.717, 1.165) is 28.3 Å². The summed E-state index contributed by atoms with van der Waals surface area (Å²) in [6, 6.07) is 7.47. The van der Waals surface area contributed by atoms with Crippen molar-refractivity contribution in [3.63, 3.8) is 0 Å². The maximum Gasteiger partial charge on any atom is 0.331 e. The number of aryl methyl sites for hydroxylation is 1. The topological polar surface area (TPSA) is 124 Å². The summed E-state index contributed by atoms with van der Waals surface area (Å²) in [5, 5.41) is 12.1. The first-order valence-electron chi connectivity index (χ1n) is 11.6. The van der Waals surface area contributed by atoms with Gasteiger partial charge in [0.05, 0.1) is 18.6 Å². The molecule has 10 nitrogen and oxygen atoms in total. The molecule has 0 aliphatic carbocycles. The molecule has 10 heteroatoms. The lowest BCUT2D eigenvalue weighted by Gasteiger charge is -2.33. The minimum atomic E-state index is -0.560. The van der Waals surface area contributed by atoms with Crippen molar-refractivity contribution in [1.82, 2.24) is 23.7 Å². The number of benzene rings is 1. The third-order valence-electron chi connectivity index (χ3n) is 6.50. The van der Waals surface area contributed by atoms with E-state index in [2.05, 4.69) is 21.8 Å². The van der Waals surface area contributed by atoms with Crippen molar-refractivity contribution in [2.45, 2.75) is 38.9 Å². The van der Waals surface area contributed by atoms with E-state index in [1.165, 1.54) is 4.57 Å². The predicted octanol–water partition coefficient (Wildman–Crippen LogP) is 1.15. The van der Waals surface area contributed by atoms with Crippen molar-refractivity contribution in [3.05, 3.63) is 57.1 Å². The highest BCUT2D eigenvalue weighted by atomic mass is 16.3. The van der Waals surface area contributed by atoms with Crippen LogP contribution in [0.3, 0.4) is 0 Å². The zero-order valence-corrected chi connectivity index (χ0v) is 19.7. The first kappa shape index (κ1) is 22.7. The monoisotopic (exact) mass is 473 g/mol. The molecule has 3 aromatic heterocycles. The Bertz CT molecular complexity index is 1620. The largest absolute Gasteiger partial charge is 0.503 e. The molecule has 1 saturated heterocycles. The van der Waals surface area contributed by atoms with Crippen LogP contribution in [0.2, 0.25) is 0 Å². The third kappa shape index (κ3) is 3.84. The number of hydrogen-bond acceptors (Lipinski definition) is 7. The van der Waals surface area contributed by atoms with Gasteiger partial charge in [-0.1, -0.05) is 24.1 Å². The van der Waals surface area contributed by atoms with Gasteiger partial charge >= 0.3 is 5.69 Å². The summed E-state index contributed by atoms with van der Waals surface area (Å²) in [5.41, 5.74) is 6.23. The standard InChI is InChI=1S/C25H27N7O3/c1-3-4-12-31-21-20(22(33)23(31)30-11-7-9-17(26)14-30)29(2)25(35)32(24(21)34)15-19-27-13-16-8-5-6-10-18(16)28-19/h5-6,8,10,13,17,33H,7,9,11-12,14-15,26H2,1-2H3/t17-/m1/s1. The number of aromatic hydroxyl groups is 1. The van der Waals surface area contributed by atoms with E-state index in [9.17, 15) is 14.7 Å². The Morgan fingerprint density at radius 2 is 2.00 bits per heavy atom. The van der Waals surface area contributed by atoms with Crippen molar-refractivity contribution in [1.29, 1.82) is 0 Å². The normalized spacial score (nSPS) is 16.0. The minimum Gasteiger partial charge on any atom is -0.503 e. The first-order valence-corrected chi connectivity index (χ1v) is 11.6. The maximum absolute atomic E-state index is 13.7. The van der Waals surface area contributed by atoms with Gasteiger partial charge in [0.2, 0.25) is 0 Å². The van der Waals surface area contributed by atoms with Gasteiger partial charge in [-0.15, -0.1) is 5.92 Å². The maximum atomic E-state index is 13.7. The number of anilines is 1. The quantitative estimate of drug-likeness (QED) is 0.426. The SMILES string of the molecule is CC#CCn1c(N2CCC[C@@H](N)C2)c(O)c2c1c(=O)n(Cc1ncc3ccccc3n1)c(=O)n2C. The van der Waals surface area contributed by atoms with E-state index in [0.29, 0.717) is 24.7 Å². The van der Waals surface area contributed by atoms with Crippen LogP contribution in [0.4, 0.5) is 5.82 Å². The van der Waals surface area contributed by atoms with Crippen LogP contribution in [0.15, 0.2) is 40.1 Å². The van der Waals surface area contributed by atoms with Crippen LogP contribution in [0.25, 0.3) is 21.9 Å². The van der Waals surface area contributed by atoms with Gasteiger partial charge in [0.15, 0.2) is 11.6 Å².